The lowest BCUT2D eigenvalue weighted by molar-refractivity contribution is -0.139. The zero-order valence-electron chi connectivity index (χ0n) is 19.1. The normalized spacial score (nSPS) is 13.9. The molecule has 5 N–H and O–H groups in total. The number of fused-ring (bicyclic) bond motifs is 1. The predicted molar refractivity (Wildman–Crippen MR) is 128 cm³/mol. The monoisotopic (exact) mass is 459 g/mol. The Kier molecular flexibility index (Phi) is 7.02. The molecule has 3 rings (SSSR count). The number of carboxylic acid groups (broad SMARTS) is 1. The molecule has 0 amide bonds. The third kappa shape index (κ3) is 4.27. The highest BCUT2D eigenvalue weighted by Gasteiger charge is 2.26. The van der Waals surface area contributed by atoms with Gasteiger partial charge in [0.1, 0.15) is 23.2 Å². The van der Waals surface area contributed by atoms with Crippen molar-refractivity contribution < 1.29 is 19.2 Å². The Balaban J connectivity index is 2.25. The molecule has 0 spiro atoms. The maximum atomic E-state index is 11.9. The molecule has 0 bridgehead atoms. The first-order valence-electron chi connectivity index (χ1n) is 10.3. The first kappa shape index (κ1) is 23.5. The largest absolute Gasteiger partial charge is 0.496 e. The highest BCUT2D eigenvalue weighted by Crippen LogP contribution is 2.39. The number of hydrogen-bond donors (Lipinski definition) is 4. The fourth-order valence-electron chi connectivity index (χ4n) is 3.76. The fraction of sp³-hybridized carbons (Fsp3) is 0.409. The summed E-state index contributed by atoms with van der Waals surface area (Å²) in [4.78, 5) is 19.6. The highest BCUT2D eigenvalue weighted by atomic mass is 32.2. The number of methoxy groups -OCH3 is 1. The van der Waals surface area contributed by atoms with Crippen LogP contribution in [0, 0.1) is 19.8 Å². The Morgan fingerprint density at radius 2 is 2.16 bits per heavy atom. The fourth-order valence-corrected chi connectivity index (χ4v) is 4.10. The van der Waals surface area contributed by atoms with Crippen molar-refractivity contribution in [1.82, 2.24) is 14.9 Å². The smallest absolute Gasteiger partial charge is 0.328 e. The van der Waals surface area contributed by atoms with Gasteiger partial charge in [-0.15, -0.1) is 0 Å². The molecular formula is C22H29N5O4S. The number of nitrogen functional groups attached to an aromatic ring is 1. The molecule has 2 heterocycles. The van der Waals surface area contributed by atoms with E-state index in [9.17, 15) is 9.90 Å². The van der Waals surface area contributed by atoms with E-state index >= 15 is 0 Å². The molecule has 2 atom stereocenters. The number of nitrogens with zero attached hydrogens (tertiary/aromatic N) is 2. The van der Waals surface area contributed by atoms with Crippen molar-refractivity contribution in [3.8, 4) is 16.9 Å². The van der Waals surface area contributed by atoms with Crippen LogP contribution in [-0.2, 0) is 4.79 Å². The number of carboxylic acids is 1. The lowest BCUT2D eigenvalue weighted by Crippen LogP contribution is -2.30. The minimum absolute atomic E-state index is 0.140. The van der Waals surface area contributed by atoms with Crippen LogP contribution in [-0.4, -0.2) is 46.5 Å². The van der Waals surface area contributed by atoms with E-state index in [1.54, 1.807) is 7.11 Å². The van der Waals surface area contributed by atoms with Crippen LogP contribution in [0.3, 0.4) is 0 Å². The first-order valence-corrected chi connectivity index (χ1v) is 11.5. The van der Waals surface area contributed by atoms with Crippen LogP contribution in [0.15, 0.2) is 21.6 Å². The molecule has 0 saturated heterocycles. The van der Waals surface area contributed by atoms with E-state index < -0.39 is 12.0 Å². The van der Waals surface area contributed by atoms with Gasteiger partial charge in [-0.05, 0) is 31.9 Å². The molecule has 0 unspecified atom stereocenters. The van der Waals surface area contributed by atoms with Crippen LogP contribution in [0.25, 0.3) is 22.0 Å². The van der Waals surface area contributed by atoms with E-state index in [1.165, 1.54) is 11.9 Å². The number of aryl methyl sites for hydroxylation is 2. The molecule has 0 saturated carbocycles. The number of aliphatic imine (C=N–C) groups is 1. The molecule has 0 radical (unpaired) electrons. The van der Waals surface area contributed by atoms with Gasteiger partial charge in [0.25, 0.3) is 0 Å². The summed E-state index contributed by atoms with van der Waals surface area (Å²) in [7, 11) is 1.59. The summed E-state index contributed by atoms with van der Waals surface area (Å²) in [6.07, 6.45) is 2.53. The second-order valence-electron chi connectivity index (χ2n) is 7.66. The van der Waals surface area contributed by atoms with Crippen molar-refractivity contribution >= 4 is 40.5 Å². The average molecular weight is 460 g/mol. The van der Waals surface area contributed by atoms with Crippen molar-refractivity contribution in [2.24, 2.45) is 10.9 Å². The van der Waals surface area contributed by atoms with Crippen molar-refractivity contribution in [2.45, 2.75) is 40.2 Å². The molecule has 172 valence electrons. The van der Waals surface area contributed by atoms with Crippen LogP contribution < -0.4 is 15.2 Å². The SMILES string of the molecule is CC[C@H](C)[C@H](N=C(NSC)c1c(N)[nH]c2cc(-c3c(C)noc3C)c(OC)cc12)C(=O)O. The summed E-state index contributed by atoms with van der Waals surface area (Å²) >= 11 is 1.32. The molecule has 0 aliphatic heterocycles. The summed E-state index contributed by atoms with van der Waals surface area (Å²) in [5.41, 5.74) is 10.2. The molecule has 3 aromatic rings. The van der Waals surface area contributed by atoms with E-state index in [0.717, 1.165) is 27.7 Å². The van der Waals surface area contributed by atoms with Gasteiger partial charge in [0, 0.05) is 22.7 Å². The van der Waals surface area contributed by atoms with Crippen LogP contribution >= 0.6 is 11.9 Å². The van der Waals surface area contributed by atoms with E-state index in [2.05, 4.69) is 19.9 Å². The van der Waals surface area contributed by atoms with Gasteiger partial charge < -0.3 is 29.8 Å². The Labute approximate surface area is 190 Å². The van der Waals surface area contributed by atoms with Crippen LogP contribution in [0.4, 0.5) is 5.82 Å². The number of ether oxygens (including phenoxy) is 1. The second kappa shape index (κ2) is 9.56. The van der Waals surface area contributed by atoms with Crippen molar-refractivity contribution in [1.29, 1.82) is 0 Å². The van der Waals surface area contributed by atoms with Gasteiger partial charge in [-0.2, -0.15) is 0 Å². The van der Waals surface area contributed by atoms with Gasteiger partial charge in [-0.25, -0.2) is 4.79 Å². The standard InChI is InChI=1S/C22H29N5O4S/c1-7-10(2)19(22(28)29)25-21(27-32-6)18-13-9-16(30-5)14(8-15(13)24-20(18)23)17-11(3)26-31-12(17)4/h8-10,19,24H,7,23H2,1-6H3,(H,25,27)(H,28,29)/t10-,19-/m0/s1. The molecule has 10 heteroatoms. The molecule has 9 nitrogen and oxygen atoms in total. The number of aromatic amines is 1. The highest BCUT2D eigenvalue weighted by molar-refractivity contribution is 7.97. The number of aliphatic carboxylic acids is 1. The quantitative estimate of drug-likeness (QED) is 0.224. The van der Waals surface area contributed by atoms with Crippen LogP contribution in [0.5, 0.6) is 5.75 Å². The Morgan fingerprint density at radius 3 is 2.69 bits per heavy atom. The molecule has 32 heavy (non-hydrogen) atoms. The number of aromatic nitrogens is 2. The van der Waals surface area contributed by atoms with Gasteiger partial charge in [0.05, 0.1) is 23.9 Å². The first-order chi connectivity index (χ1) is 15.2. The molecule has 0 fully saturated rings. The number of rotatable bonds is 8. The molecule has 0 aliphatic carbocycles. The third-order valence-corrected chi connectivity index (χ3v) is 5.99. The number of nitrogens with two attached hydrogens (primary N) is 1. The lowest BCUT2D eigenvalue weighted by atomic mass is 9.99. The summed E-state index contributed by atoms with van der Waals surface area (Å²) < 4.78 is 14.1. The van der Waals surface area contributed by atoms with E-state index in [-0.39, 0.29) is 5.92 Å². The minimum Gasteiger partial charge on any atom is -0.496 e. The molecular weight excluding hydrogens is 430 g/mol. The average Bonchev–Trinajstić information content (AvgIpc) is 3.26. The molecule has 0 aliphatic rings. The number of anilines is 1. The number of hydrogen-bond acceptors (Lipinski definition) is 7. The van der Waals surface area contributed by atoms with Gasteiger partial charge in [-0.1, -0.05) is 37.4 Å². The number of nitrogens with one attached hydrogen (secondary N) is 2. The van der Waals surface area contributed by atoms with Gasteiger partial charge in [0.15, 0.2) is 6.04 Å². The van der Waals surface area contributed by atoms with Crippen molar-refractivity contribution in [3.63, 3.8) is 0 Å². The van der Waals surface area contributed by atoms with Gasteiger partial charge in [0.2, 0.25) is 0 Å². The summed E-state index contributed by atoms with van der Waals surface area (Å²) in [5.74, 6) is 0.971. The summed E-state index contributed by atoms with van der Waals surface area (Å²) in [6.45, 7) is 7.54. The Hall–Kier alpha value is -3.14. The van der Waals surface area contributed by atoms with Crippen LogP contribution in [0.1, 0.15) is 37.3 Å². The van der Waals surface area contributed by atoms with Crippen molar-refractivity contribution in [2.75, 3.05) is 19.1 Å². The van der Waals surface area contributed by atoms with Crippen molar-refractivity contribution in [3.05, 3.63) is 29.2 Å². The number of H-pyrrole nitrogens is 1. The van der Waals surface area contributed by atoms with Gasteiger partial charge >= 0.3 is 5.97 Å². The lowest BCUT2D eigenvalue weighted by Gasteiger charge is -2.17. The van der Waals surface area contributed by atoms with E-state index in [0.29, 0.717) is 35.1 Å². The summed E-state index contributed by atoms with van der Waals surface area (Å²) in [6, 6.07) is 2.90. The number of amidine groups is 1. The van der Waals surface area contributed by atoms with Crippen LogP contribution in [0.2, 0.25) is 0 Å². The van der Waals surface area contributed by atoms with E-state index in [1.807, 2.05) is 46.1 Å². The van der Waals surface area contributed by atoms with Gasteiger partial charge in [-0.3, -0.25) is 4.99 Å². The third-order valence-electron chi connectivity index (χ3n) is 5.59. The number of benzene rings is 1. The molecule has 1 aromatic carbocycles. The number of carbonyl (C=O) groups is 1. The van der Waals surface area contributed by atoms with E-state index in [4.69, 9.17) is 15.0 Å². The molecule has 2 aromatic heterocycles. The predicted octanol–water partition coefficient (Wildman–Crippen LogP) is 4.14. The Bertz CT molecular complexity index is 1150. The topological polar surface area (TPSA) is 139 Å². The second-order valence-corrected chi connectivity index (χ2v) is 8.28. The maximum Gasteiger partial charge on any atom is 0.328 e. The minimum atomic E-state index is -0.976. The zero-order valence-corrected chi connectivity index (χ0v) is 19.9. The zero-order chi connectivity index (χ0) is 23.6. The maximum absolute atomic E-state index is 11.9. The Morgan fingerprint density at radius 1 is 1.44 bits per heavy atom. The summed E-state index contributed by atoms with van der Waals surface area (Å²) in [5, 5.41) is 14.5.